The Hall–Kier alpha value is -4.65. The van der Waals surface area contributed by atoms with Gasteiger partial charge in [0.1, 0.15) is 24.2 Å². The lowest BCUT2D eigenvalue weighted by Crippen LogP contribution is -2.58. The third-order valence-electron chi connectivity index (χ3n) is 10.4. The maximum absolute atomic E-state index is 14.0. The minimum absolute atomic E-state index is 0.0673. The van der Waals surface area contributed by atoms with E-state index in [0.29, 0.717) is 6.42 Å². The summed E-state index contributed by atoms with van der Waals surface area (Å²) in [5, 5.41) is 42.9. The van der Waals surface area contributed by atoms with Crippen molar-refractivity contribution in [1.29, 1.82) is 0 Å². The predicted octanol–water partition coefficient (Wildman–Crippen LogP) is -0.430. The van der Waals surface area contributed by atoms with Crippen LogP contribution in [0.25, 0.3) is 0 Å². The number of aliphatic carboxylic acids is 2. The third kappa shape index (κ3) is 17.5. The maximum Gasteiger partial charge on any atom is 0.326 e. The molecule has 10 N–H and O–H groups in total. The summed E-state index contributed by atoms with van der Waals surface area (Å²) in [7, 11) is 0. The molecule has 2 fully saturated rings. The van der Waals surface area contributed by atoms with Crippen LogP contribution in [0.15, 0.2) is 0 Å². The average Bonchev–Trinajstić information content (AvgIpc) is 3.53. The zero-order chi connectivity index (χ0) is 43.7. The molecule has 6 amide bonds. The van der Waals surface area contributed by atoms with Crippen molar-refractivity contribution in [2.75, 3.05) is 19.6 Å². The molecule has 0 radical (unpaired) electrons. The first-order chi connectivity index (χ1) is 27.2. The molecule has 2 rings (SSSR count). The van der Waals surface area contributed by atoms with E-state index < -0.39 is 108 Å². The van der Waals surface area contributed by atoms with Gasteiger partial charge in [-0.2, -0.15) is 0 Å². The first-order valence-corrected chi connectivity index (χ1v) is 20.3. The van der Waals surface area contributed by atoms with Crippen LogP contribution in [-0.4, -0.2) is 129 Å². The van der Waals surface area contributed by atoms with Gasteiger partial charge in [0.25, 0.3) is 0 Å². The fraction of sp³-hybridized carbons (Fsp3) is 0.769. The summed E-state index contributed by atoms with van der Waals surface area (Å²) in [6.45, 7) is 7.54. The first-order valence-electron chi connectivity index (χ1n) is 20.3. The molecular weight excluding hydrogens is 758 g/mol. The van der Waals surface area contributed by atoms with Crippen LogP contribution in [0.5, 0.6) is 0 Å². The van der Waals surface area contributed by atoms with Crippen molar-refractivity contribution in [3.8, 4) is 0 Å². The lowest BCUT2D eigenvalue weighted by molar-refractivity contribution is -0.145. The Morgan fingerprint density at radius 2 is 1.41 bits per heavy atom. The van der Waals surface area contributed by atoms with Gasteiger partial charge in [-0.3, -0.25) is 38.4 Å². The summed E-state index contributed by atoms with van der Waals surface area (Å²) in [5.41, 5.74) is 5.21. The second kappa shape index (κ2) is 24.3. The normalized spacial score (nSPS) is 19.7. The summed E-state index contributed by atoms with van der Waals surface area (Å²) in [6, 6.07) is -6.23. The highest BCUT2D eigenvalue weighted by Gasteiger charge is 2.43. The molecule has 1 unspecified atom stereocenters. The van der Waals surface area contributed by atoms with Crippen LogP contribution < -0.4 is 32.3 Å². The summed E-state index contributed by atoms with van der Waals surface area (Å²) in [5.74, 6) is -8.04. The molecule has 1 saturated heterocycles. The summed E-state index contributed by atoms with van der Waals surface area (Å²) >= 11 is 0. The second-order valence-electron chi connectivity index (χ2n) is 16.6. The molecule has 1 aliphatic heterocycles. The lowest BCUT2D eigenvalue weighted by atomic mass is 9.81. The Bertz CT molecular complexity index is 1470. The van der Waals surface area contributed by atoms with Gasteiger partial charge in [0.05, 0.1) is 25.1 Å². The maximum atomic E-state index is 14.0. The second-order valence-corrected chi connectivity index (χ2v) is 16.6. The molecule has 1 aliphatic carbocycles. The van der Waals surface area contributed by atoms with Gasteiger partial charge in [0, 0.05) is 38.8 Å². The molecule has 7 atom stereocenters. The van der Waals surface area contributed by atoms with E-state index in [-0.39, 0.29) is 62.9 Å². The molecule has 1 saturated carbocycles. The number of nitrogens with zero attached hydrogens (tertiary/aromatic N) is 1. The fourth-order valence-electron chi connectivity index (χ4n) is 7.55. The SMILES string of the molecule is CC(=O)N[C@@H](CCC(N)=O)C(=O)NCC(=O)[C@H](CN[C@@H](CC(=O)O)C(=O)N[C@@H](CC(C)C)C(=O)N1CC(O)C[C@H]1C(=O)N[C@@H](CC(C)C)C(=O)O)CC1CCCCC1. The summed E-state index contributed by atoms with van der Waals surface area (Å²) in [4.78, 5) is 116. The van der Waals surface area contributed by atoms with Crippen LogP contribution in [0, 0.1) is 23.7 Å². The van der Waals surface area contributed by atoms with Crippen molar-refractivity contribution in [3.05, 3.63) is 0 Å². The Labute approximate surface area is 339 Å². The van der Waals surface area contributed by atoms with E-state index in [2.05, 4.69) is 26.6 Å². The van der Waals surface area contributed by atoms with Gasteiger partial charge in [-0.05, 0) is 43.4 Å². The van der Waals surface area contributed by atoms with E-state index in [0.717, 1.165) is 37.0 Å². The third-order valence-corrected chi connectivity index (χ3v) is 10.4. The standard InChI is InChI=1S/C39H65N7O12/c1-21(2)13-29(38(56)46-20-26(48)16-31(46)37(55)45-30(39(57)58)14-22(3)4)44-36(54)28(17-34(51)52)41-18-25(15-24-9-7-6-8-10-24)32(49)19-42-35(53)27(43-23(5)47)11-12-33(40)50/h21-22,24-31,41,48H,6-20H2,1-5H3,(H2,40,50)(H,42,53)(H,43,47)(H,44,54)(H,45,55)(H,51,52)(H,57,58)/t25-,26?,27-,28-,29-,30-,31-/m0/s1. The van der Waals surface area contributed by atoms with E-state index in [1.165, 1.54) is 6.92 Å². The Morgan fingerprint density at radius 3 is 1.97 bits per heavy atom. The lowest BCUT2D eigenvalue weighted by Gasteiger charge is -2.31. The van der Waals surface area contributed by atoms with Crippen molar-refractivity contribution in [2.45, 2.75) is 148 Å². The molecule has 0 spiro atoms. The number of carbonyl (C=O) groups is 9. The number of amides is 6. The van der Waals surface area contributed by atoms with Crippen LogP contribution in [0.3, 0.4) is 0 Å². The number of β-amino-alcohol motifs (C(OH)–C–C–N with tert-alkyl or cyclic N) is 1. The van der Waals surface area contributed by atoms with Gasteiger partial charge < -0.3 is 52.5 Å². The first kappa shape index (κ1) is 49.5. The molecule has 58 heavy (non-hydrogen) atoms. The number of nitrogens with one attached hydrogen (secondary N) is 5. The van der Waals surface area contributed by atoms with Gasteiger partial charge in [-0.15, -0.1) is 0 Å². The summed E-state index contributed by atoms with van der Waals surface area (Å²) in [6.07, 6.45) is 3.11. The van der Waals surface area contributed by atoms with Crippen LogP contribution in [0.4, 0.5) is 0 Å². The number of Topliss-reactive ketones (excluding diaryl/α,β-unsaturated/α-hetero) is 1. The number of carboxylic acids is 2. The largest absolute Gasteiger partial charge is 0.481 e. The molecule has 2 aliphatic rings. The number of carbonyl (C=O) groups excluding carboxylic acids is 7. The number of nitrogens with two attached hydrogens (primary N) is 1. The number of aliphatic hydroxyl groups excluding tert-OH is 1. The molecule has 19 heteroatoms. The molecule has 0 aromatic heterocycles. The number of ketones is 1. The van der Waals surface area contributed by atoms with Crippen molar-refractivity contribution >= 4 is 53.2 Å². The van der Waals surface area contributed by atoms with Gasteiger partial charge in [-0.1, -0.05) is 59.8 Å². The van der Waals surface area contributed by atoms with Crippen molar-refractivity contribution < 1.29 is 58.5 Å². The number of likely N-dealkylation sites (tertiary alicyclic amines) is 1. The molecule has 0 aromatic carbocycles. The smallest absolute Gasteiger partial charge is 0.326 e. The van der Waals surface area contributed by atoms with Crippen molar-refractivity contribution in [3.63, 3.8) is 0 Å². The number of aliphatic hydroxyl groups is 1. The highest BCUT2D eigenvalue weighted by Crippen LogP contribution is 2.29. The Kier molecular flexibility index (Phi) is 20.7. The highest BCUT2D eigenvalue weighted by atomic mass is 16.4. The fourth-order valence-corrected chi connectivity index (χ4v) is 7.55. The summed E-state index contributed by atoms with van der Waals surface area (Å²) < 4.78 is 0. The van der Waals surface area contributed by atoms with Gasteiger partial charge in [-0.25, -0.2) is 4.79 Å². The average molecular weight is 824 g/mol. The monoisotopic (exact) mass is 823 g/mol. The Balaban J connectivity index is 2.27. The van der Waals surface area contributed by atoms with Crippen molar-refractivity contribution in [1.82, 2.24) is 31.5 Å². The topological polar surface area (TPSA) is 304 Å². The molecular formula is C39H65N7O12. The quantitative estimate of drug-likeness (QED) is 0.0566. The zero-order valence-electron chi connectivity index (χ0n) is 34.4. The van der Waals surface area contributed by atoms with E-state index >= 15 is 0 Å². The van der Waals surface area contributed by atoms with E-state index in [1.807, 2.05) is 0 Å². The Morgan fingerprint density at radius 1 is 0.793 bits per heavy atom. The van der Waals surface area contributed by atoms with Gasteiger partial charge in [0.15, 0.2) is 5.78 Å². The predicted molar refractivity (Wildman–Crippen MR) is 209 cm³/mol. The van der Waals surface area contributed by atoms with Gasteiger partial charge >= 0.3 is 11.9 Å². The zero-order valence-corrected chi connectivity index (χ0v) is 34.4. The molecule has 0 bridgehead atoms. The van der Waals surface area contributed by atoms with Crippen LogP contribution in [0.1, 0.15) is 112 Å². The minimum atomic E-state index is -1.41. The van der Waals surface area contributed by atoms with E-state index in [4.69, 9.17) is 5.73 Å². The van der Waals surface area contributed by atoms with Crippen LogP contribution in [0.2, 0.25) is 0 Å². The van der Waals surface area contributed by atoms with Gasteiger partial charge in [0.2, 0.25) is 35.4 Å². The molecule has 1 heterocycles. The molecule has 0 aromatic rings. The number of carboxylic acid groups (broad SMARTS) is 2. The van der Waals surface area contributed by atoms with Crippen molar-refractivity contribution in [2.24, 2.45) is 29.4 Å². The molecule has 19 nitrogen and oxygen atoms in total. The van der Waals surface area contributed by atoms with Crippen LogP contribution >= 0.6 is 0 Å². The highest BCUT2D eigenvalue weighted by molar-refractivity contribution is 5.95. The number of hydrogen-bond acceptors (Lipinski definition) is 11. The number of primary amides is 1. The number of hydrogen-bond donors (Lipinski definition) is 9. The molecule has 328 valence electrons. The van der Waals surface area contributed by atoms with E-state index in [1.54, 1.807) is 27.7 Å². The van der Waals surface area contributed by atoms with Crippen LogP contribution in [-0.2, 0) is 43.2 Å². The minimum Gasteiger partial charge on any atom is -0.481 e. The van der Waals surface area contributed by atoms with E-state index in [9.17, 15) is 58.5 Å². The number of rotatable bonds is 25.